The van der Waals surface area contributed by atoms with Gasteiger partial charge in [0.15, 0.2) is 11.8 Å². The number of fused-ring (bicyclic) bond motifs is 1. The van der Waals surface area contributed by atoms with Crippen molar-refractivity contribution in [1.82, 2.24) is 0 Å². The minimum absolute atomic E-state index is 0.0236. The molecule has 2 atom stereocenters. The lowest BCUT2D eigenvalue weighted by Crippen LogP contribution is -2.39. The van der Waals surface area contributed by atoms with Crippen molar-refractivity contribution in [3.8, 4) is 5.75 Å². The van der Waals surface area contributed by atoms with E-state index in [0.29, 0.717) is 17.5 Å². The SMILES string of the molecule is CCN(C1=NC(=O)C2CCCCCCC2S1)c1ccc(OCC(=O)O)cc1. The molecule has 2 unspecified atom stereocenters. The molecule has 7 heteroatoms. The molecule has 1 aliphatic carbocycles. The maximum absolute atomic E-state index is 12.7. The maximum Gasteiger partial charge on any atom is 0.341 e. The van der Waals surface area contributed by atoms with Gasteiger partial charge in [0.2, 0.25) is 0 Å². The summed E-state index contributed by atoms with van der Waals surface area (Å²) >= 11 is 1.73. The smallest absolute Gasteiger partial charge is 0.341 e. The van der Waals surface area contributed by atoms with E-state index in [0.717, 1.165) is 30.1 Å². The number of carbonyl (C=O) groups is 2. The van der Waals surface area contributed by atoms with Crippen LogP contribution in [-0.4, -0.2) is 40.6 Å². The van der Waals surface area contributed by atoms with E-state index in [1.807, 2.05) is 24.0 Å². The van der Waals surface area contributed by atoms with Crippen molar-refractivity contribution in [3.63, 3.8) is 0 Å². The van der Waals surface area contributed by atoms with Crippen molar-refractivity contribution < 1.29 is 19.4 Å². The molecule has 0 bridgehead atoms. The molecule has 1 N–H and O–H groups in total. The van der Waals surface area contributed by atoms with Gasteiger partial charge in [-0.3, -0.25) is 4.79 Å². The Kier molecular flexibility index (Phi) is 6.77. The third kappa shape index (κ3) is 5.03. The first-order valence-corrected chi connectivity index (χ1v) is 10.5. The first-order chi connectivity index (χ1) is 13.1. The van der Waals surface area contributed by atoms with Crippen LogP contribution in [0.15, 0.2) is 29.3 Å². The molecule has 27 heavy (non-hydrogen) atoms. The zero-order valence-electron chi connectivity index (χ0n) is 15.6. The average molecular weight is 391 g/mol. The fraction of sp³-hybridized carbons (Fsp3) is 0.550. The Hall–Kier alpha value is -2.02. The Balaban J connectivity index is 1.75. The van der Waals surface area contributed by atoms with Gasteiger partial charge < -0.3 is 14.7 Å². The molecule has 1 heterocycles. The Labute approximate surface area is 164 Å². The largest absolute Gasteiger partial charge is 0.482 e. The highest BCUT2D eigenvalue weighted by atomic mass is 32.2. The summed E-state index contributed by atoms with van der Waals surface area (Å²) in [6, 6.07) is 7.24. The van der Waals surface area contributed by atoms with Gasteiger partial charge in [0.05, 0.1) is 5.92 Å². The van der Waals surface area contributed by atoms with E-state index in [4.69, 9.17) is 9.84 Å². The number of hydrogen-bond acceptors (Lipinski definition) is 5. The van der Waals surface area contributed by atoms with Crippen molar-refractivity contribution in [2.75, 3.05) is 18.1 Å². The number of carboxylic acid groups (broad SMARTS) is 1. The molecule has 0 radical (unpaired) electrons. The second kappa shape index (κ2) is 9.26. The topological polar surface area (TPSA) is 79.2 Å². The number of aliphatic imine (C=N–C) groups is 1. The number of amidine groups is 1. The van der Waals surface area contributed by atoms with Gasteiger partial charge in [-0.2, -0.15) is 4.99 Å². The lowest BCUT2D eigenvalue weighted by molar-refractivity contribution is -0.139. The summed E-state index contributed by atoms with van der Waals surface area (Å²) in [5, 5.41) is 9.78. The van der Waals surface area contributed by atoms with E-state index in [1.54, 1.807) is 23.9 Å². The standard InChI is InChI=1S/C20H26N2O4S/c1-2-22(14-9-11-15(12-10-14)26-13-18(23)24)20-21-19(25)16-7-5-3-4-6-8-17(16)27-20/h9-12,16-17H,2-8,13H2,1H3,(H,23,24). The van der Waals surface area contributed by atoms with E-state index in [9.17, 15) is 9.59 Å². The third-order valence-electron chi connectivity index (χ3n) is 5.04. The number of benzene rings is 1. The van der Waals surface area contributed by atoms with Crippen LogP contribution in [0.25, 0.3) is 0 Å². The first kappa shape index (κ1) is 19.7. The number of thioether (sulfide) groups is 1. The van der Waals surface area contributed by atoms with Gasteiger partial charge in [-0.1, -0.05) is 37.4 Å². The Morgan fingerprint density at radius 1 is 1.22 bits per heavy atom. The predicted octanol–water partition coefficient (Wildman–Crippen LogP) is 3.94. The van der Waals surface area contributed by atoms with Crippen molar-refractivity contribution in [3.05, 3.63) is 24.3 Å². The molecule has 1 aromatic carbocycles. The summed E-state index contributed by atoms with van der Waals surface area (Å²) in [6.45, 7) is 2.37. The summed E-state index contributed by atoms with van der Waals surface area (Å²) in [7, 11) is 0. The number of amides is 1. The van der Waals surface area contributed by atoms with Crippen molar-refractivity contribution >= 4 is 34.5 Å². The summed E-state index contributed by atoms with van der Waals surface area (Å²) in [6.07, 6.45) is 6.79. The van der Waals surface area contributed by atoms with E-state index in [1.165, 1.54) is 19.3 Å². The number of ether oxygens (including phenoxy) is 1. The highest BCUT2D eigenvalue weighted by Gasteiger charge is 2.36. The van der Waals surface area contributed by atoms with Crippen LogP contribution >= 0.6 is 11.8 Å². The van der Waals surface area contributed by atoms with E-state index < -0.39 is 5.97 Å². The van der Waals surface area contributed by atoms with Crippen LogP contribution in [-0.2, 0) is 9.59 Å². The molecule has 146 valence electrons. The van der Waals surface area contributed by atoms with Gasteiger partial charge in [0, 0.05) is 17.5 Å². The highest BCUT2D eigenvalue weighted by Crippen LogP contribution is 2.38. The fourth-order valence-electron chi connectivity index (χ4n) is 3.63. The third-order valence-corrected chi connectivity index (χ3v) is 6.43. The Morgan fingerprint density at radius 2 is 1.93 bits per heavy atom. The van der Waals surface area contributed by atoms with Crippen LogP contribution in [0.2, 0.25) is 0 Å². The molecule has 0 spiro atoms. The van der Waals surface area contributed by atoms with Crippen LogP contribution in [0.5, 0.6) is 5.75 Å². The monoisotopic (exact) mass is 390 g/mol. The summed E-state index contributed by atoms with van der Waals surface area (Å²) in [4.78, 5) is 29.7. The van der Waals surface area contributed by atoms with E-state index in [2.05, 4.69) is 4.99 Å². The molecule has 6 nitrogen and oxygen atoms in total. The van der Waals surface area contributed by atoms with Crippen LogP contribution < -0.4 is 9.64 Å². The van der Waals surface area contributed by atoms with Gasteiger partial charge in [0.25, 0.3) is 5.91 Å². The molecule has 1 amide bonds. The number of nitrogens with zero attached hydrogens (tertiary/aromatic N) is 2. The number of carbonyl (C=O) groups excluding carboxylic acids is 1. The molecule has 2 aliphatic rings. The molecular weight excluding hydrogens is 364 g/mol. The van der Waals surface area contributed by atoms with Crippen LogP contribution in [0.4, 0.5) is 5.69 Å². The number of rotatable bonds is 5. The molecule has 3 rings (SSSR count). The summed E-state index contributed by atoms with van der Waals surface area (Å²) in [5.41, 5.74) is 0.920. The lowest BCUT2D eigenvalue weighted by Gasteiger charge is -2.34. The van der Waals surface area contributed by atoms with E-state index >= 15 is 0 Å². The Morgan fingerprint density at radius 3 is 2.59 bits per heavy atom. The number of anilines is 1. The lowest BCUT2D eigenvalue weighted by atomic mass is 9.90. The van der Waals surface area contributed by atoms with Crippen LogP contribution in [0.3, 0.4) is 0 Å². The summed E-state index contributed by atoms with van der Waals surface area (Å²) < 4.78 is 5.19. The van der Waals surface area contributed by atoms with Gasteiger partial charge >= 0.3 is 5.97 Å². The zero-order chi connectivity index (χ0) is 19.2. The molecule has 1 aliphatic heterocycles. The fourth-order valence-corrected chi connectivity index (χ4v) is 5.11. The van der Waals surface area contributed by atoms with Crippen molar-refractivity contribution in [1.29, 1.82) is 0 Å². The normalized spacial score (nSPS) is 22.9. The van der Waals surface area contributed by atoms with Crippen molar-refractivity contribution in [2.45, 2.75) is 50.7 Å². The quantitative estimate of drug-likeness (QED) is 0.820. The Bertz CT molecular complexity index is 704. The van der Waals surface area contributed by atoms with Crippen LogP contribution in [0, 0.1) is 5.92 Å². The average Bonchev–Trinajstić information content (AvgIpc) is 2.63. The van der Waals surface area contributed by atoms with Gasteiger partial charge in [0.1, 0.15) is 5.75 Å². The molecule has 1 aromatic rings. The number of carboxylic acids is 1. The maximum atomic E-state index is 12.7. The predicted molar refractivity (Wildman–Crippen MR) is 108 cm³/mol. The van der Waals surface area contributed by atoms with Gasteiger partial charge in [-0.05, 0) is 44.0 Å². The second-order valence-electron chi connectivity index (χ2n) is 6.91. The first-order valence-electron chi connectivity index (χ1n) is 9.60. The minimum Gasteiger partial charge on any atom is -0.482 e. The summed E-state index contributed by atoms with van der Waals surface area (Å²) in [5.74, 6) is -0.416. The number of aliphatic carboxylic acids is 1. The second-order valence-corrected chi connectivity index (χ2v) is 8.11. The minimum atomic E-state index is -1.01. The molecular formula is C20H26N2O4S. The zero-order valence-corrected chi connectivity index (χ0v) is 16.4. The van der Waals surface area contributed by atoms with E-state index in [-0.39, 0.29) is 18.4 Å². The molecule has 1 fully saturated rings. The van der Waals surface area contributed by atoms with Crippen molar-refractivity contribution in [2.24, 2.45) is 10.9 Å². The highest BCUT2D eigenvalue weighted by molar-refractivity contribution is 8.14. The molecule has 0 aromatic heterocycles. The molecule has 1 saturated carbocycles. The van der Waals surface area contributed by atoms with Gasteiger partial charge in [-0.15, -0.1) is 0 Å². The van der Waals surface area contributed by atoms with Gasteiger partial charge in [-0.25, -0.2) is 4.79 Å². The molecule has 0 saturated heterocycles. The van der Waals surface area contributed by atoms with Crippen LogP contribution in [0.1, 0.15) is 45.4 Å². The number of hydrogen-bond donors (Lipinski definition) is 1.